The molecule has 0 aliphatic carbocycles. The van der Waals surface area contributed by atoms with Gasteiger partial charge in [0.25, 0.3) is 5.91 Å². The summed E-state index contributed by atoms with van der Waals surface area (Å²) in [5, 5.41) is 20.4. The second-order valence-corrected chi connectivity index (χ2v) is 4.79. The molecule has 0 fully saturated rings. The van der Waals surface area contributed by atoms with Crippen molar-refractivity contribution >= 4 is 43.7 Å². The van der Waals surface area contributed by atoms with E-state index in [1.807, 2.05) is 0 Å². The Morgan fingerprint density at radius 2 is 2.00 bits per heavy atom. The van der Waals surface area contributed by atoms with Crippen LogP contribution >= 0.6 is 32.1 Å². The van der Waals surface area contributed by atoms with E-state index in [1.54, 1.807) is 0 Å². The summed E-state index contributed by atoms with van der Waals surface area (Å²) in [5.74, 6) is -0.854. The van der Waals surface area contributed by atoms with Gasteiger partial charge in [-0.3, -0.25) is 9.55 Å². The number of hydrogen-bond acceptors (Lipinski definition) is 4. The molecule has 0 bridgehead atoms. The molecule has 4 N–H and O–H groups in total. The van der Waals surface area contributed by atoms with Crippen molar-refractivity contribution in [3.8, 4) is 6.07 Å². The van der Waals surface area contributed by atoms with E-state index in [0.29, 0.717) is 6.07 Å². The molecule has 0 saturated heterocycles. The summed E-state index contributed by atoms with van der Waals surface area (Å²) in [7, 11) is 0. The van der Waals surface area contributed by atoms with Crippen molar-refractivity contribution in [2.45, 2.75) is 18.7 Å². The highest BCUT2D eigenvalue weighted by atomic mass is 79.9. The number of nitrogens with two attached hydrogens (primary N) is 1. The van der Waals surface area contributed by atoms with E-state index in [1.165, 1.54) is 13.0 Å². The molecule has 1 aromatic carbocycles. The number of nitrogens with zero attached hydrogens (tertiary/aromatic N) is 1. The highest BCUT2D eigenvalue weighted by molar-refractivity contribution is 9.09. The molecule has 5 nitrogen and oxygen atoms in total. The summed E-state index contributed by atoms with van der Waals surface area (Å²) in [5.41, 5.74) is -3.59. The van der Waals surface area contributed by atoms with E-state index >= 15 is 0 Å². The fraction of sp³-hybridized carbons (Fsp3) is 0.333. The van der Waals surface area contributed by atoms with Crippen LogP contribution in [0.5, 0.6) is 0 Å². The van der Waals surface area contributed by atoms with E-state index < -0.39 is 28.8 Å². The van der Waals surface area contributed by atoms with Crippen LogP contribution in [-0.4, -0.2) is 21.9 Å². The summed E-state index contributed by atoms with van der Waals surface area (Å²) in [4.78, 5) is 11.6. The standard InChI is InChI=1S/C12H10BrF3N2O2.BrH2N/c1-11(20,6-13)10(19)18-8-3-2-7(5-17)9(4-8)12(14,15)16;1-2/h2-4,20H,6H2,1H3,(H,18,19);2H2/t11-;/m0./s1. The first-order chi connectivity index (χ1) is 10.1. The number of amides is 1. The molecule has 0 aliphatic heterocycles. The van der Waals surface area contributed by atoms with Gasteiger partial charge in [0, 0.05) is 27.2 Å². The molecule has 0 unspecified atom stereocenters. The number of nitriles is 1. The van der Waals surface area contributed by atoms with E-state index in [4.69, 9.17) is 5.26 Å². The molecule has 1 amide bonds. The number of carbonyl (C=O) groups is 1. The molecular formula is C12H12Br2F3N3O2. The maximum atomic E-state index is 12.7. The zero-order valence-electron chi connectivity index (χ0n) is 11.2. The van der Waals surface area contributed by atoms with Gasteiger partial charge in [-0.15, -0.1) is 0 Å². The fourth-order valence-electron chi connectivity index (χ4n) is 1.28. The van der Waals surface area contributed by atoms with Crippen LogP contribution in [0.4, 0.5) is 18.9 Å². The van der Waals surface area contributed by atoms with E-state index in [-0.39, 0.29) is 11.0 Å². The first-order valence-corrected chi connectivity index (χ1v) is 7.58. The number of nitrogens with one attached hydrogen (secondary N) is 1. The molecule has 0 aromatic heterocycles. The lowest BCUT2D eigenvalue weighted by atomic mass is 10.1. The predicted octanol–water partition coefficient (Wildman–Crippen LogP) is 2.92. The van der Waals surface area contributed by atoms with Gasteiger partial charge in [0.15, 0.2) is 0 Å². The molecule has 122 valence electrons. The lowest BCUT2D eigenvalue weighted by Gasteiger charge is -2.20. The largest absolute Gasteiger partial charge is 0.417 e. The lowest BCUT2D eigenvalue weighted by Crippen LogP contribution is -2.41. The molecular weight excluding hydrogens is 435 g/mol. The molecule has 0 heterocycles. The van der Waals surface area contributed by atoms with Gasteiger partial charge in [-0.05, 0) is 25.1 Å². The van der Waals surface area contributed by atoms with Gasteiger partial charge < -0.3 is 10.4 Å². The lowest BCUT2D eigenvalue weighted by molar-refractivity contribution is -0.137. The van der Waals surface area contributed by atoms with Gasteiger partial charge in [-0.1, -0.05) is 15.9 Å². The van der Waals surface area contributed by atoms with E-state index in [9.17, 15) is 23.1 Å². The third kappa shape index (κ3) is 5.57. The molecule has 0 aliphatic rings. The third-order valence-corrected chi connectivity index (χ3v) is 3.54. The average molecular weight is 447 g/mol. The van der Waals surface area contributed by atoms with Gasteiger partial charge in [0.05, 0.1) is 17.2 Å². The van der Waals surface area contributed by atoms with Crippen LogP contribution in [0.25, 0.3) is 0 Å². The fourth-order valence-corrected chi connectivity index (χ4v) is 1.54. The monoisotopic (exact) mass is 445 g/mol. The Balaban J connectivity index is 0.00000211. The second kappa shape index (κ2) is 8.47. The van der Waals surface area contributed by atoms with Gasteiger partial charge in [0.1, 0.15) is 5.60 Å². The summed E-state index contributed by atoms with van der Waals surface area (Å²) < 4.78 is 42.5. The van der Waals surface area contributed by atoms with Crippen LogP contribution in [0.15, 0.2) is 18.2 Å². The van der Waals surface area contributed by atoms with Gasteiger partial charge in [0.2, 0.25) is 0 Å². The van der Waals surface area contributed by atoms with Crippen LogP contribution in [0.3, 0.4) is 0 Å². The SMILES string of the molecule is C[C@](O)(CBr)C(=O)Nc1ccc(C#N)c(C(F)(F)F)c1.NBr. The van der Waals surface area contributed by atoms with Crippen molar-refractivity contribution in [2.75, 3.05) is 10.6 Å². The van der Waals surface area contributed by atoms with Crippen molar-refractivity contribution in [1.29, 1.82) is 5.26 Å². The second-order valence-electron chi connectivity index (χ2n) is 4.23. The summed E-state index contributed by atoms with van der Waals surface area (Å²) in [6.07, 6.45) is -4.70. The molecule has 0 radical (unpaired) electrons. The first kappa shape index (κ1) is 20.9. The Bertz CT molecular complexity index is 572. The molecule has 1 aromatic rings. The number of anilines is 1. The Labute approximate surface area is 141 Å². The molecule has 0 spiro atoms. The Morgan fingerprint density at radius 1 is 1.45 bits per heavy atom. The molecule has 1 atom stereocenters. The number of benzene rings is 1. The maximum Gasteiger partial charge on any atom is 0.417 e. The molecule has 10 heteroatoms. The molecule has 22 heavy (non-hydrogen) atoms. The van der Waals surface area contributed by atoms with Crippen molar-refractivity contribution in [2.24, 2.45) is 4.76 Å². The minimum Gasteiger partial charge on any atom is -0.379 e. The highest BCUT2D eigenvalue weighted by Gasteiger charge is 2.34. The minimum atomic E-state index is -4.70. The number of hydrogen-bond donors (Lipinski definition) is 3. The topological polar surface area (TPSA) is 99.1 Å². The van der Waals surface area contributed by atoms with Crippen molar-refractivity contribution in [3.63, 3.8) is 0 Å². The molecule has 0 saturated carbocycles. The highest BCUT2D eigenvalue weighted by Crippen LogP contribution is 2.33. The smallest absolute Gasteiger partial charge is 0.379 e. The zero-order valence-corrected chi connectivity index (χ0v) is 14.4. The average Bonchev–Trinajstić information content (AvgIpc) is 2.48. The third-order valence-electron chi connectivity index (χ3n) is 2.45. The number of halogens is 5. The first-order valence-electron chi connectivity index (χ1n) is 5.55. The van der Waals surface area contributed by atoms with Gasteiger partial charge in [-0.25, -0.2) is 0 Å². The minimum absolute atomic E-state index is 0.0752. The Kier molecular flexibility index (Phi) is 8.03. The number of alkyl halides is 4. The van der Waals surface area contributed by atoms with Gasteiger partial charge in [-0.2, -0.15) is 18.4 Å². The van der Waals surface area contributed by atoms with Crippen LogP contribution in [0.1, 0.15) is 18.1 Å². The Hall–Kier alpha value is -1.15. The number of aliphatic hydroxyl groups is 1. The number of rotatable bonds is 3. The van der Waals surface area contributed by atoms with Crippen molar-refractivity contribution in [1.82, 2.24) is 0 Å². The van der Waals surface area contributed by atoms with Crippen LogP contribution in [0.2, 0.25) is 0 Å². The van der Waals surface area contributed by atoms with Crippen molar-refractivity contribution < 1.29 is 23.1 Å². The van der Waals surface area contributed by atoms with Crippen LogP contribution in [-0.2, 0) is 11.0 Å². The number of carbonyl (C=O) groups excluding carboxylic acids is 1. The van der Waals surface area contributed by atoms with Crippen molar-refractivity contribution in [3.05, 3.63) is 29.3 Å². The van der Waals surface area contributed by atoms with Crippen LogP contribution < -0.4 is 10.1 Å². The molecule has 1 rings (SSSR count). The van der Waals surface area contributed by atoms with Crippen LogP contribution in [0, 0.1) is 11.3 Å². The summed E-state index contributed by atoms with van der Waals surface area (Å²) >= 11 is 5.36. The zero-order chi connectivity index (χ0) is 17.6. The quantitative estimate of drug-likeness (QED) is 0.491. The normalized spacial score (nSPS) is 13.2. The van der Waals surface area contributed by atoms with E-state index in [2.05, 4.69) is 42.2 Å². The Morgan fingerprint density at radius 3 is 2.41 bits per heavy atom. The predicted molar refractivity (Wildman–Crippen MR) is 82.3 cm³/mol. The maximum absolute atomic E-state index is 12.7. The summed E-state index contributed by atoms with van der Waals surface area (Å²) in [6.45, 7) is 1.21. The summed E-state index contributed by atoms with van der Waals surface area (Å²) in [6, 6.07) is 4.21. The van der Waals surface area contributed by atoms with E-state index in [0.717, 1.165) is 12.1 Å². The van der Waals surface area contributed by atoms with Gasteiger partial charge >= 0.3 is 6.18 Å².